The summed E-state index contributed by atoms with van der Waals surface area (Å²) in [6, 6.07) is 1.89. The second-order valence-electron chi connectivity index (χ2n) is 4.72. The third kappa shape index (κ3) is 1.91. The van der Waals surface area contributed by atoms with Crippen LogP contribution < -0.4 is 5.73 Å². The zero-order valence-electron chi connectivity index (χ0n) is 11.8. The second-order valence-corrected chi connectivity index (χ2v) is 4.72. The smallest absolute Gasteiger partial charge is 0.202 e. The topological polar surface area (TPSA) is 87.4 Å². The minimum absolute atomic E-state index is 0.485. The van der Waals surface area contributed by atoms with Crippen molar-refractivity contribution in [3.63, 3.8) is 0 Å². The maximum Gasteiger partial charge on any atom is 0.202 e. The summed E-state index contributed by atoms with van der Waals surface area (Å²) in [5.41, 5.74) is 9.65. The molecule has 0 fully saturated rings. The van der Waals surface area contributed by atoms with Crippen molar-refractivity contribution in [3.8, 4) is 0 Å². The molecule has 104 valence electrons. The van der Waals surface area contributed by atoms with Crippen molar-refractivity contribution < 1.29 is 0 Å². The second kappa shape index (κ2) is 4.59. The molecule has 0 aliphatic carbocycles. The molecule has 0 saturated carbocycles. The quantitative estimate of drug-likeness (QED) is 0.775. The molecular weight excluding hydrogens is 254 g/mol. The Morgan fingerprint density at radius 1 is 1.25 bits per heavy atom. The van der Waals surface area contributed by atoms with Gasteiger partial charge in [-0.25, -0.2) is 19.6 Å². The molecule has 3 heterocycles. The van der Waals surface area contributed by atoms with Crippen LogP contribution in [0.2, 0.25) is 0 Å². The highest BCUT2D eigenvalue weighted by Crippen LogP contribution is 2.21. The molecule has 0 amide bonds. The number of nitrogens with zero attached hydrogens (tertiary/aromatic N) is 6. The molecule has 3 rings (SSSR count). The summed E-state index contributed by atoms with van der Waals surface area (Å²) >= 11 is 0. The van der Waals surface area contributed by atoms with Crippen molar-refractivity contribution >= 4 is 17.1 Å². The van der Waals surface area contributed by atoms with E-state index in [9.17, 15) is 0 Å². The predicted molar refractivity (Wildman–Crippen MR) is 76.2 cm³/mol. The molecule has 0 bridgehead atoms. The largest absolute Gasteiger partial charge is 0.369 e. The maximum atomic E-state index is 6.04. The van der Waals surface area contributed by atoms with E-state index in [-0.39, 0.29) is 0 Å². The highest BCUT2D eigenvalue weighted by molar-refractivity contribution is 5.77. The van der Waals surface area contributed by atoms with E-state index in [1.165, 1.54) is 0 Å². The molecule has 3 aromatic rings. The van der Waals surface area contributed by atoms with E-state index >= 15 is 0 Å². The van der Waals surface area contributed by atoms with E-state index in [4.69, 9.17) is 5.73 Å². The van der Waals surface area contributed by atoms with Crippen molar-refractivity contribution in [3.05, 3.63) is 29.5 Å². The highest BCUT2D eigenvalue weighted by atomic mass is 15.4. The van der Waals surface area contributed by atoms with E-state index in [1.807, 2.05) is 36.1 Å². The fourth-order valence-corrected chi connectivity index (χ4v) is 2.37. The van der Waals surface area contributed by atoms with Gasteiger partial charge in [0.25, 0.3) is 0 Å². The first-order chi connectivity index (χ1) is 9.60. The third-order valence-corrected chi connectivity index (χ3v) is 3.28. The SMILES string of the molecule is CCn1nc(C)c2nc(N)n(Cc3ccnc(C)n3)c21. The first kappa shape index (κ1) is 12.6. The van der Waals surface area contributed by atoms with Gasteiger partial charge in [0.2, 0.25) is 5.95 Å². The van der Waals surface area contributed by atoms with Gasteiger partial charge in [0, 0.05) is 12.7 Å². The first-order valence-electron chi connectivity index (χ1n) is 6.57. The van der Waals surface area contributed by atoms with E-state index in [0.717, 1.165) is 34.9 Å². The molecule has 0 radical (unpaired) electrons. The summed E-state index contributed by atoms with van der Waals surface area (Å²) < 4.78 is 3.86. The van der Waals surface area contributed by atoms with Crippen LogP contribution in [0, 0.1) is 13.8 Å². The number of aryl methyl sites for hydroxylation is 3. The average molecular weight is 271 g/mol. The lowest BCUT2D eigenvalue weighted by Crippen LogP contribution is -2.10. The molecule has 0 aliphatic rings. The Morgan fingerprint density at radius 3 is 2.75 bits per heavy atom. The van der Waals surface area contributed by atoms with Gasteiger partial charge in [0.1, 0.15) is 11.3 Å². The van der Waals surface area contributed by atoms with Gasteiger partial charge < -0.3 is 5.73 Å². The number of imidazole rings is 1. The fourth-order valence-electron chi connectivity index (χ4n) is 2.37. The molecule has 0 atom stereocenters. The predicted octanol–water partition coefficient (Wildman–Crippen LogP) is 1.29. The summed E-state index contributed by atoms with van der Waals surface area (Å²) in [5.74, 6) is 1.23. The third-order valence-electron chi connectivity index (χ3n) is 3.28. The zero-order chi connectivity index (χ0) is 14.3. The van der Waals surface area contributed by atoms with E-state index < -0.39 is 0 Å². The summed E-state index contributed by atoms with van der Waals surface area (Å²) in [5, 5.41) is 4.47. The van der Waals surface area contributed by atoms with Crippen molar-refractivity contribution in [1.29, 1.82) is 0 Å². The minimum atomic E-state index is 0.485. The number of fused-ring (bicyclic) bond motifs is 1. The number of aromatic nitrogens is 6. The molecule has 0 aliphatic heterocycles. The number of hydrogen-bond donors (Lipinski definition) is 1. The van der Waals surface area contributed by atoms with Crippen molar-refractivity contribution in [2.45, 2.75) is 33.9 Å². The summed E-state index contributed by atoms with van der Waals surface area (Å²) in [7, 11) is 0. The van der Waals surface area contributed by atoms with Gasteiger partial charge in [-0.1, -0.05) is 0 Å². The molecule has 0 spiro atoms. The Bertz CT molecular complexity index is 768. The van der Waals surface area contributed by atoms with Crippen molar-refractivity contribution in [2.24, 2.45) is 0 Å². The molecule has 0 unspecified atom stereocenters. The van der Waals surface area contributed by atoms with Crippen LogP contribution in [0.1, 0.15) is 24.1 Å². The number of hydrogen-bond acceptors (Lipinski definition) is 5. The molecule has 2 N–H and O–H groups in total. The normalized spacial score (nSPS) is 11.3. The fraction of sp³-hybridized carbons (Fsp3) is 0.385. The Kier molecular flexibility index (Phi) is 2.89. The number of nitrogens with two attached hydrogens (primary N) is 1. The van der Waals surface area contributed by atoms with E-state index in [2.05, 4.69) is 20.1 Å². The summed E-state index contributed by atoms with van der Waals surface area (Å²) in [4.78, 5) is 12.9. The van der Waals surface area contributed by atoms with Gasteiger partial charge in [-0.2, -0.15) is 5.10 Å². The van der Waals surface area contributed by atoms with Gasteiger partial charge in [-0.05, 0) is 26.8 Å². The Morgan fingerprint density at radius 2 is 2.05 bits per heavy atom. The molecular formula is C13H17N7. The Labute approximate surface area is 116 Å². The van der Waals surface area contributed by atoms with Crippen LogP contribution in [-0.4, -0.2) is 29.3 Å². The standard InChI is InChI=1S/C13H17N7/c1-4-20-12-11(8(2)18-20)17-13(14)19(12)7-10-5-6-15-9(3)16-10/h5-6H,4,7H2,1-3H3,(H2,14,17). The van der Waals surface area contributed by atoms with Crippen molar-refractivity contribution in [2.75, 3.05) is 5.73 Å². The van der Waals surface area contributed by atoms with Gasteiger partial charge in [-0.3, -0.25) is 4.57 Å². The average Bonchev–Trinajstić information content (AvgIpc) is 2.89. The lowest BCUT2D eigenvalue weighted by Gasteiger charge is -2.07. The Balaban J connectivity index is 2.13. The zero-order valence-corrected chi connectivity index (χ0v) is 11.8. The molecule has 0 saturated heterocycles. The van der Waals surface area contributed by atoms with Gasteiger partial charge in [0.05, 0.1) is 17.9 Å². The van der Waals surface area contributed by atoms with Crippen LogP contribution in [-0.2, 0) is 13.1 Å². The highest BCUT2D eigenvalue weighted by Gasteiger charge is 2.17. The molecule has 20 heavy (non-hydrogen) atoms. The maximum absolute atomic E-state index is 6.04. The van der Waals surface area contributed by atoms with Crippen LogP contribution >= 0.6 is 0 Å². The van der Waals surface area contributed by atoms with Crippen LogP contribution in [0.3, 0.4) is 0 Å². The molecule has 0 aromatic carbocycles. The molecule has 7 nitrogen and oxygen atoms in total. The van der Waals surface area contributed by atoms with E-state index in [0.29, 0.717) is 12.5 Å². The van der Waals surface area contributed by atoms with Crippen molar-refractivity contribution in [1.82, 2.24) is 29.3 Å². The van der Waals surface area contributed by atoms with Crippen LogP contribution in [0.4, 0.5) is 5.95 Å². The lowest BCUT2D eigenvalue weighted by atomic mass is 10.4. The van der Waals surface area contributed by atoms with Crippen LogP contribution in [0.15, 0.2) is 12.3 Å². The van der Waals surface area contributed by atoms with E-state index in [1.54, 1.807) is 6.20 Å². The summed E-state index contributed by atoms with van der Waals surface area (Å²) in [6.07, 6.45) is 1.75. The minimum Gasteiger partial charge on any atom is -0.369 e. The van der Waals surface area contributed by atoms with Gasteiger partial charge in [-0.15, -0.1) is 0 Å². The monoisotopic (exact) mass is 271 g/mol. The number of nitrogen functional groups attached to an aromatic ring is 1. The summed E-state index contributed by atoms with van der Waals surface area (Å²) in [6.45, 7) is 7.21. The van der Waals surface area contributed by atoms with Gasteiger partial charge in [0.15, 0.2) is 5.65 Å². The van der Waals surface area contributed by atoms with Gasteiger partial charge >= 0.3 is 0 Å². The molecule has 7 heteroatoms. The number of anilines is 1. The number of rotatable bonds is 3. The molecule has 3 aromatic heterocycles. The van der Waals surface area contributed by atoms with Crippen LogP contribution in [0.5, 0.6) is 0 Å². The first-order valence-corrected chi connectivity index (χ1v) is 6.57. The van der Waals surface area contributed by atoms with Crippen LogP contribution in [0.25, 0.3) is 11.2 Å². The lowest BCUT2D eigenvalue weighted by molar-refractivity contribution is 0.645. The Hall–Kier alpha value is -2.44.